The van der Waals surface area contributed by atoms with Gasteiger partial charge in [0, 0.05) is 53.5 Å². The third kappa shape index (κ3) is 5.90. The third-order valence-corrected chi connectivity index (χ3v) is 18.5. The van der Waals surface area contributed by atoms with Crippen LogP contribution in [0.15, 0.2) is 0 Å². The topological polar surface area (TPSA) is 95.9 Å². The molecule has 0 aromatic heterocycles. The zero-order valence-electron chi connectivity index (χ0n) is 31.8. The summed E-state index contributed by atoms with van der Waals surface area (Å²) in [4.78, 5) is 27.7. The van der Waals surface area contributed by atoms with Crippen molar-refractivity contribution in [3.63, 3.8) is 0 Å². The molecule has 0 radical (unpaired) electrons. The average Bonchev–Trinajstić information content (AvgIpc) is 3.47. The summed E-state index contributed by atoms with van der Waals surface area (Å²) in [7, 11) is -0.632. The molecule has 7 nitrogen and oxygen atoms in total. The first-order valence-corrected chi connectivity index (χ1v) is 21.9. The number of carbonyl (C=O) groups excluding carboxylic acids is 1. The highest BCUT2D eigenvalue weighted by Gasteiger charge is 2.65. The van der Waals surface area contributed by atoms with Gasteiger partial charge in [0.2, 0.25) is 0 Å². The van der Waals surface area contributed by atoms with Crippen LogP contribution in [0.4, 0.5) is 0 Å². The van der Waals surface area contributed by atoms with Crippen LogP contribution in [0.1, 0.15) is 126 Å². The van der Waals surface area contributed by atoms with Gasteiger partial charge in [-0.3, -0.25) is 18.7 Å². The molecule has 13 atom stereocenters. The van der Waals surface area contributed by atoms with Gasteiger partial charge in [0.25, 0.3) is 0 Å². The van der Waals surface area contributed by atoms with Gasteiger partial charge in [0.1, 0.15) is 6.10 Å². The summed E-state index contributed by atoms with van der Waals surface area (Å²) in [6.45, 7) is 19.3. The number of hydrogen-bond acceptors (Lipinski definition) is 6. The third-order valence-electron chi connectivity index (χ3n) is 17.3. The fraction of sp³-hybridized carbons (Fsp3) is 0.951. The molecule has 7 rings (SSSR count). The van der Waals surface area contributed by atoms with E-state index in [1.165, 1.54) is 57.8 Å². The van der Waals surface area contributed by atoms with Crippen LogP contribution in [0.2, 0.25) is 0 Å². The Morgan fingerprint density at radius 3 is 2.22 bits per heavy atom. The van der Waals surface area contributed by atoms with Crippen molar-refractivity contribution >= 4 is 22.7 Å². The number of ether oxygens (including phenoxy) is 1. The number of rotatable bonds is 8. The molecule has 0 amide bonds. The number of fused-ring (bicyclic) bond motifs is 7. The first-order chi connectivity index (χ1) is 23.1. The van der Waals surface area contributed by atoms with E-state index in [1.807, 2.05) is 13.8 Å². The zero-order chi connectivity index (χ0) is 35.1. The van der Waals surface area contributed by atoms with E-state index < -0.39 is 28.1 Å². The second-order valence-electron chi connectivity index (χ2n) is 19.7. The fourth-order valence-corrected chi connectivity index (χ4v) is 15.4. The summed E-state index contributed by atoms with van der Waals surface area (Å²) in [5, 5.41) is 13.9. The minimum Gasteiger partial charge on any atom is -0.481 e. The van der Waals surface area contributed by atoms with Crippen molar-refractivity contribution in [1.82, 2.24) is 10.2 Å². The Hall–Kier alpha value is -0.990. The minimum absolute atomic E-state index is 0.0486. The molecule has 278 valence electrons. The normalized spacial score (nSPS) is 47.2. The van der Waals surface area contributed by atoms with Crippen LogP contribution in [-0.2, 0) is 25.1 Å². The van der Waals surface area contributed by atoms with Crippen LogP contribution in [0.5, 0.6) is 0 Å². The molecule has 8 heteroatoms. The number of esters is 1. The molecule has 0 bridgehead atoms. The lowest BCUT2D eigenvalue weighted by atomic mass is 9.38. The quantitative estimate of drug-likeness (QED) is 0.260. The lowest BCUT2D eigenvalue weighted by molar-refractivity contribution is -0.206. The van der Waals surface area contributed by atoms with Crippen molar-refractivity contribution < 1.29 is 23.6 Å². The van der Waals surface area contributed by atoms with Gasteiger partial charge in [0.05, 0.1) is 11.8 Å². The lowest BCUT2D eigenvalue weighted by Crippen LogP contribution is -2.64. The maximum atomic E-state index is 13.4. The highest BCUT2D eigenvalue weighted by molar-refractivity contribution is 7.85. The van der Waals surface area contributed by atoms with Crippen LogP contribution in [0, 0.1) is 69.5 Å². The monoisotopic (exact) mass is 700 g/mol. The number of carboxylic acid groups (broad SMARTS) is 1. The van der Waals surface area contributed by atoms with Crippen molar-refractivity contribution in [2.75, 3.05) is 31.1 Å². The van der Waals surface area contributed by atoms with E-state index in [-0.39, 0.29) is 23.4 Å². The molecule has 49 heavy (non-hydrogen) atoms. The number of aliphatic carboxylic acids is 1. The predicted octanol–water partition coefficient (Wildman–Crippen LogP) is 7.15. The van der Waals surface area contributed by atoms with Gasteiger partial charge in [-0.1, -0.05) is 54.9 Å². The molecule has 1 aliphatic heterocycles. The molecule has 6 saturated carbocycles. The van der Waals surface area contributed by atoms with E-state index in [4.69, 9.17) is 4.74 Å². The number of nitrogens with zero attached hydrogens (tertiary/aromatic N) is 1. The van der Waals surface area contributed by atoms with Gasteiger partial charge in [0.15, 0.2) is 0 Å². The first kappa shape index (κ1) is 36.4. The molecule has 1 saturated heterocycles. The van der Waals surface area contributed by atoms with E-state index in [1.54, 1.807) is 0 Å². The lowest BCUT2D eigenvalue weighted by Gasteiger charge is -2.68. The van der Waals surface area contributed by atoms with Gasteiger partial charge < -0.3 is 15.2 Å². The molecule has 0 aromatic rings. The Kier molecular flexibility index (Phi) is 9.76. The molecule has 2 N–H and O–H groups in total. The van der Waals surface area contributed by atoms with Gasteiger partial charge in [-0.25, -0.2) is 0 Å². The smallest absolute Gasteiger partial charge is 0.309 e. The molecule has 0 spiro atoms. The van der Waals surface area contributed by atoms with Crippen molar-refractivity contribution in [1.29, 1.82) is 0 Å². The molecule has 6 aliphatic carbocycles. The standard InChI is InChI=1S/C41H68N2O5S/c1-25(2)33(43-19-21-49(47)22-20-43)24-42-41-15-8-9-30(41)27-10-11-35-39(6)17-14-34(48-37(46)32-23-31(36(44)45)38(32,4)5)26(3)28(39)12-16-40(35,7)29(27)13-18-41/h25-35,42H,8-24H2,1-7H3,(H,44,45)/t26?,27?,28?,29?,30-,31?,32?,33?,34?,35?,39?,40?,41?/m1/s1. The Bertz CT molecular complexity index is 1290. The summed E-state index contributed by atoms with van der Waals surface area (Å²) in [5.41, 5.74) is 0.430. The highest BCUT2D eigenvalue weighted by atomic mass is 32.2. The van der Waals surface area contributed by atoms with Crippen molar-refractivity contribution in [2.45, 2.75) is 143 Å². The van der Waals surface area contributed by atoms with E-state index in [2.05, 4.69) is 44.8 Å². The van der Waals surface area contributed by atoms with Gasteiger partial charge >= 0.3 is 11.9 Å². The summed E-state index contributed by atoms with van der Waals surface area (Å²) in [6, 6.07) is 0.521. The summed E-state index contributed by atoms with van der Waals surface area (Å²) in [5.74, 6) is 4.62. The molecular weight excluding hydrogens is 633 g/mol. The number of carbonyl (C=O) groups is 2. The number of hydrogen-bond donors (Lipinski definition) is 2. The molecular formula is C41H68N2O5S. The molecule has 0 aromatic carbocycles. The molecule has 7 fully saturated rings. The van der Waals surface area contributed by atoms with E-state index in [0.717, 1.165) is 67.7 Å². The minimum atomic E-state index is -0.795. The van der Waals surface area contributed by atoms with Crippen molar-refractivity contribution in [3.05, 3.63) is 0 Å². The predicted molar refractivity (Wildman–Crippen MR) is 195 cm³/mol. The highest BCUT2D eigenvalue weighted by Crippen LogP contribution is 2.71. The van der Waals surface area contributed by atoms with Crippen LogP contribution in [-0.4, -0.2) is 75.0 Å². The SMILES string of the molecule is CC(C)C(CNC12CCC[C@@H]1C1CCC3C4(C)CCC(OC(=O)C5CC(C(=O)O)C5(C)C)C(C)C4CCC3(C)C1CC2)N1CCS(=O)CC1. The van der Waals surface area contributed by atoms with E-state index in [9.17, 15) is 18.9 Å². The van der Waals surface area contributed by atoms with Crippen molar-refractivity contribution in [2.24, 2.45) is 69.5 Å². The Morgan fingerprint density at radius 1 is 0.878 bits per heavy atom. The van der Waals surface area contributed by atoms with Crippen LogP contribution in [0.3, 0.4) is 0 Å². The summed E-state index contributed by atoms with van der Waals surface area (Å²) >= 11 is 0. The Morgan fingerprint density at radius 2 is 1.55 bits per heavy atom. The number of carboxylic acids is 1. The van der Waals surface area contributed by atoms with Gasteiger partial charge in [-0.2, -0.15) is 0 Å². The Labute approximate surface area is 299 Å². The van der Waals surface area contributed by atoms with Gasteiger partial charge in [-0.05, 0) is 128 Å². The van der Waals surface area contributed by atoms with E-state index in [0.29, 0.717) is 41.2 Å². The maximum absolute atomic E-state index is 13.4. The van der Waals surface area contributed by atoms with Crippen LogP contribution >= 0.6 is 0 Å². The second kappa shape index (κ2) is 13.1. The number of nitrogens with one attached hydrogen (secondary N) is 1. The fourth-order valence-electron chi connectivity index (χ4n) is 14.3. The van der Waals surface area contributed by atoms with E-state index >= 15 is 0 Å². The molecule has 7 aliphatic rings. The molecule has 12 unspecified atom stereocenters. The summed E-state index contributed by atoms with van der Waals surface area (Å²) in [6.07, 6.45) is 14.5. The van der Waals surface area contributed by atoms with Crippen LogP contribution < -0.4 is 5.32 Å². The Balaban J connectivity index is 1.01. The average molecular weight is 701 g/mol. The largest absolute Gasteiger partial charge is 0.481 e. The van der Waals surface area contributed by atoms with Crippen molar-refractivity contribution in [3.8, 4) is 0 Å². The maximum Gasteiger partial charge on any atom is 0.309 e. The summed E-state index contributed by atoms with van der Waals surface area (Å²) < 4.78 is 18.4. The molecule has 1 heterocycles. The zero-order valence-corrected chi connectivity index (χ0v) is 32.6. The van der Waals surface area contributed by atoms with Crippen LogP contribution in [0.25, 0.3) is 0 Å². The second-order valence-corrected chi connectivity index (χ2v) is 21.4. The van der Waals surface area contributed by atoms with Gasteiger partial charge in [-0.15, -0.1) is 0 Å². The first-order valence-electron chi connectivity index (χ1n) is 20.4.